The van der Waals surface area contributed by atoms with Crippen LogP contribution in [0.3, 0.4) is 0 Å². The number of nitrogens with zero attached hydrogens (tertiary/aromatic N) is 1. The molecule has 0 aliphatic rings. The van der Waals surface area contributed by atoms with Gasteiger partial charge in [-0.3, -0.25) is 4.79 Å². The van der Waals surface area contributed by atoms with Crippen LogP contribution >= 0.6 is 0 Å². The van der Waals surface area contributed by atoms with E-state index >= 15 is 0 Å². The Hall–Kier alpha value is -2.62. The van der Waals surface area contributed by atoms with Gasteiger partial charge in [-0.05, 0) is 36.1 Å². The molecule has 0 radical (unpaired) electrons. The number of rotatable bonds is 8. The summed E-state index contributed by atoms with van der Waals surface area (Å²) in [6.45, 7) is 3.07. The van der Waals surface area contributed by atoms with Crippen LogP contribution < -0.4 is 0 Å². The van der Waals surface area contributed by atoms with Gasteiger partial charge in [-0.15, -0.1) is 0 Å². The maximum absolute atomic E-state index is 12.2. The summed E-state index contributed by atoms with van der Waals surface area (Å²) in [6.07, 6.45) is 2.31. The number of hydrogen-bond donors (Lipinski definition) is 1. The number of carboxylic acid groups (broad SMARTS) is 1. The first kappa shape index (κ1) is 17.7. The molecule has 2 rings (SSSR count). The maximum Gasteiger partial charge on any atom is 0.335 e. The lowest BCUT2D eigenvalue weighted by molar-refractivity contribution is -0.131. The van der Waals surface area contributed by atoms with E-state index in [1.165, 1.54) is 5.56 Å². The van der Waals surface area contributed by atoms with Gasteiger partial charge in [0.2, 0.25) is 5.91 Å². The molecule has 4 heteroatoms. The Labute approximate surface area is 142 Å². The monoisotopic (exact) mass is 325 g/mol. The molecule has 1 amide bonds. The summed E-state index contributed by atoms with van der Waals surface area (Å²) >= 11 is 0. The topological polar surface area (TPSA) is 57.6 Å². The van der Waals surface area contributed by atoms with E-state index in [4.69, 9.17) is 5.11 Å². The van der Waals surface area contributed by atoms with Crippen LogP contribution in [-0.2, 0) is 17.8 Å². The first-order chi connectivity index (χ1) is 11.6. The van der Waals surface area contributed by atoms with E-state index < -0.39 is 5.97 Å². The lowest BCUT2D eigenvalue weighted by atomic mass is 10.1. The molecule has 0 unspecified atom stereocenters. The van der Waals surface area contributed by atoms with E-state index in [0.29, 0.717) is 19.5 Å². The zero-order valence-electron chi connectivity index (χ0n) is 13.9. The SMILES string of the molecule is CCC(=O)N(CCCc1ccccc1)Cc1ccc(C(=O)O)cc1. The molecule has 126 valence electrons. The first-order valence-electron chi connectivity index (χ1n) is 8.24. The van der Waals surface area contributed by atoms with Gasteiger partial charge in [0.05, 0.1) is 5.56 Å². The second kappa shape index (κ2) is 8.87. The van der Waals surface area contributed by atoms with Gasteiger partial charge in [0.1, 0.15) is 0 Å². The van der Waals surface area contributed by atoms with Gasteiger partial charge in [-0.1, -0.05) is 49.4 Å². The van der Waals surface area contributed by atoms with Crippen LogP contribution in [0, 0.1) is 0 Å². The maximum atomic E-state index is 12.2. The molecule has 0 atom stereocenters. The van der Waals surface area contributed by atoms with Crippen molar-refractivity contribution in [3.8, 4) is 0 Å². The van der Waals surface area contributed by atoms with Crippen molar-refractivity contribution in [2.24, 2.45) is 0 Å². The van der Waals surface area contributed by atoms with E-state index in [1.54, 1.807) is 24.3 Å². The summed E-state index contributed by atoms with van der Waals surface area (Å²) in [5, 5.41) is 8.94. The van der Waals surface area contributed by atoms with E-state index in [1.807, 2.05) is 30.0 Å². The molecular weight excluding hydrogens is 302 g/mol. The van der Waals surface area contributed by atoms with Crippen molar-refractivity contribution in [1.29, 1.82) is 0 Å². The molecule has 0 aliphatic carbocycles. The Kier molecular flexibility index (Phi) is 6.55. The Morgan fingerprint density at radius 3 is 2.21 bits per heavy atom. The molecule has 0 aliphatic heterocycles. The second-order valence-electron chi connectivity index (χ2n) is 5.76. The number of aryl methyl sites for hydroxylation is 1. The fraction of sp³-hybridized carbons (Fsp3) is 0.300. The molecule has 0 saturated carbocycles. The highest BCUT2D eigenvalue weighted by Crippen LogP contribution is 2.11. The Morgan fingerprint density at radius 2 is 1.62 bits per heavy atom. The molecule has 2 aromatic rings. The second-order valence-corrected chi connectivity index (χ2v) is 5.76. The summed E-state index contributed by atoms with van der Waals surface area (Å²) in [5.41, 5.74) is 2.48. The third kappa shape index (κ3) is 5.23. The van der Waals surface area contributed by atoms with Crippen LogP contribution in [0.2, 0.25) is 0 Å². The molecule has 2 aromatic carbocycles. The highest BCUT2D eigenvalue weighted by molar-refractivity contribution is 5.87. The van der Waals surface area contributed by atoms with Gasteiger partial charge in [0, 0.05) is 19.5 Å². The van der Waals surface area contributed by atoms with Gasteiger partial charge >= 0.3 is 5.97 Å². The van der Waals surface area contributed by atoms with Crippen molar-refractivity contribution in [3.63, 3.8) is 0 Å². The summed E-state index contributed by atoms with van der Waals surface area (Å²) in [6, 6.07) is 16.9. The third-order valence-electron chi connectivity index (χ3n) is 3.97. The van der Waals surface area contributed by atoms with Gasteiger partial charge in [0.25, 0.3) is 0 Å². The van der Waals surface area contributed by atoms with E-state index in [9.17, 15) is 9.59 Å². The highest BCUT2D eigenvalue weighted by atomic mass is 16.4. The summed E-state index contributed by atoms with van der Waals surface area (Å²) < 4.78 is 0. The Bertz CT molecular complexity index is 665. The summed E-state index contributed by atoms with van der Waals surface area (Å²) in [4.78, 5) is 24.9. The number of amides is 1. The average molecular weight is 325 g/mol. The lowest BCUT2D eigenvalue weighted by Gasteiger charge is -2.22. The normalized spacial score (nSPS) is 10.4. The Balaban J connectivity index is 1.95. The number of benzene rings is 2. The zero-order valence-corrected chi connectivity index (χ0v) is 13.9. The first-order valence-corrected chi connectivity index (χ1v) is 8.24. The zero-order chi connectivity index (χ0) is 17.4. The molecule has 0 bridgehead atoms. The van der Waals surface area contributed by atoms with Gasteiger partial charge in [-0.2, -0.15) is 0 Å². The predicted octanol–water partition coefficient (Wildman–Crippen LogP) is 3.76. The summed E-state index contributed by atoms with van der Waals surface area (Å²) in [7, 11) is 0. The smallest absolute Gasteiger partial charge is 0.335 e. The molecule has 0 spiro atoms. The molecule has 4 nitrogen and oxygen atoms in total. The van der Waals surface area contributed by atoms with Crippen molar-refractivity contribution in [2.75, 3.05) is 6.54 Å². The van der Waals surface area contributed by atoms with Gasteiger partial charge in [0.15, 0.2) is 0 Å². The largest absolute Gasteiger partial charge is 0.478 e. The van der Waals surface area contributed by atoms with Crippen molar-refractivity contribution in [3.05, 3.63) is 71.3 Å². The molecule has 24 heavy (non-hydrogen) atoms. The van der Waals surface area contributed by atoms with Crippen LogP contribution in [0.4, 0.5) is 0 Å². The van der Waals surface area contributed by atoms with Gasteiger partial charge < -0.3 is 10.0 Å². The number of carbonyl (C=O) groups is 2. The van der Waals surface area contributed by atoms with Gasteiger partial charge in [-0.25, -0.2) is 4.79 Å². The minimum Gasteiger partial charge on any atom is -0.478 e. The fourth-order valence-corrected chi connectivity index (χ4v) is 2.61. The number of hydrogen-bond acceptors (Lipinski definition) is 2. The fourth-order valence-electron chi connectivity index (χ4n) is 2.61. The van der Waals surface area contributed by atoms with E-state index in [2.05, 4.69) is 12.1 Å². The third-order valence-corrected chi connectivity index (χ3v) is 3.97. The Morgan fingerprint density at radius 1 is 0.958 bits per heavy atom. The van der Waals surface area contributed by atoms with Crippen molar-refractivity contribution >= 4 is 11.9 Å². The number of aromatic carboxylic acids is 1. The lowest BCUT2D eigenvalue weighted by Crippen LogP contribution is -2.31. The van der Waals surface area contributed by atoms with Crippen molar-refractivity contribution < 1.29 is 14.7 Å². The number of carboxylic acids is 1. The molecule has 0 saturated heterocycles. The van der Waals surface area contributed by atoms with Crippen LogP contribution in [0.15, 0.2) is 54.6 Å². The predicted molar refractivity (Wildman–Crippen MR) is 93.9 cm³/mol. The van der Waals surface area contributed by atoms with Crippen LogP contribution in [0.1, 0.15) is 41.3 Å². The van der Waals surface area contributed by atoms with E-state index in [-0.39, 0.29) is 11.5 Å². The van der Waals surface area contributed by atoms with Crippen molar-refractivity contribution in [1.82, 2.24) is 4.90 Å². The van der Waals surface area contributed by atoms with Crippen LogP contribution in [0.25, 0.3) is 0 Å². The average Bonchev–Trinajstić information content (AvgIpc) is 2.61. The van der Waals surface area contributed by atoms with Crippen molar-refractivity contribution in [2.45, 2.75) is 32.7 Å². The molecule has 1 N–H and O–H groups in total. The van der Waals surface area contributed by atoms with Crippen LogP contribution in [-0.4, -0.2) is 28.4 Å². The van der Waals surface area contributed by atoms with E-state index in [0.717, 1.165) is 18.4 Å². The minimum absolute atomic E-state index is 0.116. The molecule has 0 fully saturated rings. The van der Waals surface area contributed by atoms with Crippen LogP contribution in [0.5, 0.6) is 0 Å². The quantitative estimate of drug-likeness (QED) is 0.804. The number of carbonyl (C=O) groups excluding carboxylic acids is 1. The molecule has 0 aromatic heterocycles. The summed E-state index contributed by atoms with van der Waals surface area (Å²) in [5.74, 6) is -0.823. The standard InChI is InChI=1S/C20H23NO3/c1-2-19(22)21(14-6-9-16-7-4-3-5-8-16)15-17-10-12-18(13-11-17)20(23)24/h3-5,7-8,10-13H,2,6,9,14-15H2,1H3,(H,23,24). The minimum atomic E-state index is -0.939. The molecular formula is C20H23NO3. The molecule has 0 heterocycles. The highest BCUT2D eigenvalue weighted by Gasteiger charge is 2.12.